The Labute approximate surface area is 175 Å². The van der Waals surface area contributed by atoms with Crippen LogP contribution in [0.25, 0.3) is 10.9 Å². The van der Waals surface area contributed by atoms with Crippen molar-refractivity contribution in [1.82, 2.24) is 14.5 Å². The number of ether oxygens (including phenoxy) is 1. The summed E-state index contributed by atoms with van der Waals surface area (Å²) in [6, 6.07) is 7.76. The molecule has 0 spiro atoms. The van der Waals surface area contributed by atoms with Crippen LogP contribution in [0.15, 0.2) is 34.2 Å². The highest BCUT2D eigenvalue weighted by Crippen LogP contribution is 2.24. The molecule has 0 radical (unpaired) electrons. The lowest BCUT2D eigenvalue weighted by atomic mass is 10.0. The lowest BCUT2D eigenvalue weighted by Gasteiger charge is -2.35. The van der Waals surface area contributed by atoms with Gasteiger partial charge < -0.3 is 9.64 Å². The van der Waals surface area contributed by atoms with Crippen molar-refractivity contribution in [3.8, 4) is 0 Å². The van der Waals surface area contributed by atoms with Crippen LogP contribution in [0, 0.1) is 0 Å². The third-order valence-electron chi connectivity index (χ3n) is 5.98. The van der Waals surface area contributed by atoms with Gasteiger partial charge in [-0.15, -0.1) is 0 Å². The smallest absolute Gasteiger partial charge is 0.262 e. The van der Waals surface area contributed by atoms with Gasteiger partial charge in [-0.2, -0.15) is 0 Å². The van der Waals surface area contributed by atoms with Crippen molar-refractivity contribution in [2.45, 2.75) is 69.3 Å². The Bertz CT molecular complexity index is 923. The number of likely N-dealkylation sites (tertiary alicyclic amines) is 1. The van der Waals surface area contributed by atoms with Gasteiger partial charge in [0.1, 0.15) is 0 Å². The number of nitrogens with zero attached hydrogens (tertiary/aromatic N) is 3. The lowest BCUT2D eigenvalue weighted by Crippen LogP contribution is -2.44. The zero-order valence-corrected chi connectivity index (χ0v) is 17.8. The molecule has 3 heterocycles. The van der Waals surface area contributed by atoms with Gasteiger partial charge >= 0.3 is 0 Å². The Kier molecular flexibility index (Phi) is 6.55. The highest BCUT2D eigenvalue weighted by molar-refractivity contribution is 7.99. The van der Waals surface area contributed by atoms with Crippen LogP contribution in [0.2, 0.25) is 0 Å². The fourth-order valence-corrected chi connectivity index (χ4v) is 5.27. The van der Waals surface area contributed by atoms with Crippen molar-refractivity contribution < 1.29 is 9.53 Å². The number of para-hydroxylation sites is 1. The van der Waals surface area contributed by atoms with Gasteiger partial charge in [0.25, 0.3) is 5.56 Å². The Morgan fingerprint density at radius 3 is 2.90 bits per heavy atom. The molecular weight excluding hydrogens is 386 g/mol. The van der Waals surface area contributed by atoms with Gasteiger partial charge in [0.05, 0.1) is 29.3 Å². The fourth-order valence-electron chi connectivity index (χ4n) is 4.37. The number of piperidine rings is 1. The normalized spacial score (nSPS) is 22.3. The van der Waals surface area contributed by atoms with Crippen molar-refractivity contribution in [3.05, 3.63) is 34.6 Å². The van der Waals surface area contributed by atoms with Crippen molar-refractivity contribution in [2.24, 2.45) is 0 Å². The van der Waals surface area contributed by atoms with Gasteiger partial charge in [0, 0.05) is 19.2 Å². The minimum Gasteiger partial charge on any atom is -0.376 e. The van der Waals surface area contributed by atoms with E-state index in [0.717, 1.165) is 45.3 Å². The summed E-state index contributed by atoms with van der Waals surface area (Å²) in [4.78, 5) is 32.8. The molecule has 2 fully saturated rings. The number of rotatable bonds is 6. The minimum absolute atomic E-state index is 0.0391. The van der Waals surface area contributed by atoms with E-state index < -0.39 is 0 Å². The van der Waals surface area contributed by atoms with Gasteiger partial charge in [-0.1, -0.05) is 30.8 Å². The van der Waals surface area contributed by atoms with Gasteiger partial charge in [-0.25, -0.2) is 4.98 Å². The molecule has 2 aliphatic rings. The number of hydrogen-bond acceptors (Lipinski definition) is 5. The van der Waals surface area contributed by atoms with Crippen LogP contribution in [0.4, 0.5) is 0 Å². The molecule has 6 nitrogen and oxygen atoms in total. The van der Waals surface area contributed by atoms with Gasteiger partial charge in [-0.05, 0) is 50.7 Å². The zero-order chi connectivity index (χ0) is 20.2. The maximum atomic E-state index is 13.1. The topological polar surface area (TPSA) is 64.4 Å². The van der Waals surface area contributed by atoms with E-state index in [1.165, 1.54) is 18.2 Å². The number of thioether (sulfide) groups is 1. The molecule has 29 heavy (non-hydrogen) atoms. The SMILES string of the molecule is CC[C@H]1CCCCN1C(=O)CSc1nc2ccccc2c(=O)n1C[C@H]1CCCO1. The monoisotopic (exact) mass is 415 g/mol. The van der Waals surface area contributed by atoms with E-state index in [2.05, 4.69) is 6.92 Å². The van der Waals surface area contributed by atoms with Gasteiger partial charge in [-0.3, -0.25) is 14.2 Å². The standard InChI is InChI=1S/C22H29N3O3S/c1-2-16-8-5-6-12-24(16)20(26)15-29-22-23-19-11-4-3-10-18(19)21(27)25(22)14-17-9-7-13-28-17/h3-4,10-11,16-17H,2,5-9,12-15H2,1H3/t16-,17+/m0/s1. The van der Waals surface area contributed by atoms with E-state index >= 15 is 0 Å². The van der Waals surface area contributed by atoms with Crippen molar-refractivity contribution in [3.63, 3.8) is 0 Å². The second-order valence-corrected chi connectivity index (χ2v) is 8.84. The van der Waals surface area contributed by atoms with Crippen molar-refractivity contribution in [2.75, 3.05) is 18.9 Å². The number of aromatic nitrogens is 2. The molecule has 0 saturated carbocycles. The number of fused-ring (bicyclic) bond motifs is 1. The van der Waals surface area contributed by atoms with Crippen molar-refractivity contribution >= 4 is 28.6 Å². The average molecular weight is 416 g/mol. The molecule has 1 amide bonds. The molecule has 0 aliphatic carbocycles. The molecule has 4 rings (SSSR count). The lowest BCUT2D eigenvalue weighted by molar-refractivity contribution is -0.132. The molecule has 2 saturated heterocycles. The van der Waals surface area contributed by atoms with E-state index in [9.17, 15) is 9.59 Å². The molecule has 1 aromatic heterocycles. The second-order valence-electron chi connectivity index (χ2n) is 7.90. The summed E-state index contributed by atoms with van der Waals surface area (Å²) >= 11 is 1.38. The number of amides is 1. The largest absolute Gasteiger partial charge is 0.376 e. The molecule has 2 aliphatic heterocycles. The number of hydrogen-bond donors (Lipinski definition) is 0. The second kappa shape index (κ2) is 9.30. The molecular formula is C22H29N3O3S. The molecule has 2 aromatic rings. The van der Waals surface area contributed by atoms with Gasteiger partial charge in [0.15, 0.2) is 5.16 Å². The summed E-state index contributed by atoms with van der Waals surface area (Å²) in [7, 11) is 0. The first-order valence-electron chi connectivity index (χ1n) is 10.7. The first-order chi connectivity index (χ1) is 14.2. The molecule has 2 atom stereocenters. The molecule has 0 unspecified atom stereocenters. The number of benzene rings is 1. The highest BCUT2D eigenvalue weighted by atomic mass is 32.2. The van der Waals surface area contributed by atoms with Crippen LogP contribution in [-0.2, 0) is 16.1 Å². The first-order valence-corrected chi connectivity index (χ1v) is 11.7. The molecule has 1 aromatic carbocycles. The average Bonchev–Trinajstić information content (AvgIpc) is 3.27. The maximum absolute atomic E-state index is 13.1. The first kappa shape index (κ1) is 20.4. The van der Waals surface area contributed by atoms with E-state index in [0.29, 0.717) is 34.4 Å². The highest BCUT2D eigenvalue weighted by Gasteiger charge is 2.26. The Hall–Kier alpha value is -1.86. The Morgan fingerprint density at radius 2 is 2.10 bits per heavy atom. The van der Waals surface area contributed by atoms with E-state index in [-0.39, 0.29) is 17.6 Å². The third kappa shape index (κ3) is 4.51. The maximum Gasteiger partial charge on any atom is 0.262 e. The van der Waals surface area contributed by atoms with Crippen LogP contribution < -0.4 is 5.56 Å². The third-order valence-corrected chi connectivity index (χ3v) is 6.94. The zero-order valence-electron chi connectivity index (χ0n) is 17.0. The fraction of sp³-hybridized carbons (Fsp3) is 0.591. The summed E-state index contributed by atoms with van der Waals surface area (Å²) < 4.78 is 7.47. The summed E-state index contributed by atoms with van der Waals surface area (Å²) in [5.74, 6) is 0.458. The summed E-state index contributed by atoms with van der Waals surface area (Å²) in [6.45, 7) is 4.22. The van der Waals surface area contributed by atoms with Crippen LogP contribution in [-0.4, -0.2) is 51.4 Å². The van der Waals surface area contributed by atoms with E-state index in [1.54, 1.807) is 4.57 Å². The van der Waals surface area contributed by atoms with Crippen LogP contribution in [0.5, 0.6) is 0 Å². The van der Waals surface area contributed by atoms with E-state index in [1.807, 2.05) is 29.2 Å². The Morgan fingerprint density at radius 1 is 1.24 bits per heavy atom. The molecule has 0 N–H and O–H groups in total. The minimum atomic E-state index is -0.0505. The molecule has 156 valence electrons. The Balaban J connectivity index is 1.58. The summed E-state index contributed by atoms with van der Waals surface area (Å²) in [5.41, 5.74) is 0.630. The van der Waals surface area contributed by atoms with Crippen LogP contribution >= 0.6 is 11.8 Å². The summed E-state index contributed by atoms with van der Waals surface area (Å²) in [5, 5.41) is 1.23. The number of carbonyl (C=O) groups excluding carboxylic acids is 1. The number of carbonyl (C=O) groups is 1. The predicted octanol–water partition coefficient (Wildman–Crippen LogP) is 3.46. The summed E-state index contributed by atoms with van der Waals surface area (Å²) in [6.07, 6.45) is 6.37. The van der Waals surface area contributed by atoms with E-state index in [4.69, 9.17) is 9.72 Å². The van der Waals surface area contributed by atoms with Crippen LogP contribution in [0.3, 0.4) is 0 Å². The molecule has 7 heteroatoms. The van der Waals surface area contributed by atoms with Gasteiger partial charge in [0.2, 0.25) is 5.91 Å². The quantitative estimate of drug-likeness (QED) is 0.534. The molecule has 0 bridgehead atoms. The van der Waals surface area contributed by atoms with Crippen molar-refractivity contribution in [1.29, 1.82) is 0 Å². The van der Waals surface area contributed by atoms with Crippen LogP contribution in [0.1, 0.15) is 45.4 Å². The predicted molar refractivity (Wildman–Crippen MR) is 115 cm³/mol.